The van der Waals surface area contributed by atoms with Crippen molar-refractivity contribution in [3.8, 4) is 11.6 Å². The lowest BCUT2D eigenvalue weighted by molar-refractivity contribution is 0.0785. The van der Waals surface area contributed by atoms with Crippen molar-refractivity contribution in [1.82, 2.24) is 30.0 Å². The van der Waals surface area contributed by atoms with E-state index in [-0.39, 0.29) is 11.8 Å². The third-order valence-corrected chi connectivity index (χ3v) is 5.16. The first kappa shape index (κ1) is 16.6. The number of nitrogens with zero attached hydrogens (tertiary/aromatic N) is 5. The second-order valence-corrected chi connectivity index (χ2v) is 6.99. The molecule has 8 nitrogen and oxygen atoms in total. The number of fused-ring (bicyclic) bond motifs is 1. The Balaban J connectivity index is 1.33. The van der Waals surface area contributed by atoms with E-state index in [0.717, 1.165) is 22.9 Å². The van der Waals surface area contributed by atoms with Crippen molar-refractivity contribution in [2.45, 2.75) is 19.3 Å². The Kier molecular flexibility index (Phi) is 3.89. The quantitative estimate of drug-likeness (QED) is 0.592. The van der Waals surface area contributed by atoms with Gasteiger partial charge in [0.1, 0.15) is 11.4 Å². The summed E-state index contributed by atoms with van der Waals surface area (Å²) in [4.78, 5) is 26.2. The van der Waals surface area contributed by atoms with E-state index in [1.165, 1.54) is 0 Å². The largest absolute Gasteiger partial charge is 0.419 e. The second kappa shape index (κ2) is 6.56. The summed E-state index contributed by atoms with van der Waals surface area (Å²) in [5, 5.41) is 9.30. The summed E-state index contributed by atoms with van der Waals surface area (Å²) >= 11 is 0. The Morgan fingerprint density at radius 3 is 3.04 bits per heavy atom. The van der Waals surface area contributed by atoms with Gasteiger partial charge in [0.2, 0.25) is 5.89 Å². The molecule has 0 aliphatic carbocycles. The molecule has 1 N–H and O–H groups in total. The number of aromatic nitrogens is 5. The van der Waals surface area contributed by atoms with Crippen molar-refractivity contribution < 1.29 is 9.21 Å². The van der Waals surface area contributed by atoms with Crippen molar-refractivity contribution in [2.24, 2.45) is 0 Å². The van der Waals surface area contributed by atoms with Crippen molar-refractivity contribution in [3.63, 3.8) is 0 Å². The van der Waals surface area contributed by atoms with Crippen LogP contribution in [0.5, 0.6) is 0 Å². The van der Waals surface area contributed by atoms with E-state index in [1.807, 2.05) is 36.1 Å². The lowest BCUT2D eigenvalue weighted by atomic mass is 10.1. The topological polar surface area (TPSA) is 101 Å². The van der Waals surface area contributed by atoms with Crippen LogP contribution in [0.4, 0.5) is 0 Å². The molecule has 1 amide bonds. The first-order valence-corrected chi connectivity index (χ1v) is 9.16. The maximum Gasteiger partial charge on any atom is 0.270 e. The van der Waals surface area contributed by atoms with Crippen molar-refractivity contribution in [1.29, 1.82) is 0 Å². The Bertz CT molecular complexity index is 1150. The van der Waals surface area contributed by atoms with Crippen LogP contribution in [0, 0.1) is 6.92 Å². The molecule has 1 aromatic carbocycles. The fourth-order valence-corrected chi connectivity index (χ4v) is 3.65. The average molecular weight is 374 g/mol. The molecule has 1 aliphatic heterocycles. The molecule has 5 rings (SSSR count). The van der Waals surface area contributed by atoms with Crippen molar-refractivity contribution in [2.75, 3.05) is 13.1 Å². The van der Waals surface area contributed by atoms with E-state index in [2.05, 4.69) is 25.1 Å². The molecule has 1 saturated heterocycles. The third kappa shape index (κ3) is 2.83. The summed E-state index contributed by atoms with van der Waals surface area (Å²) in [5.74, 6) is 0.891. The predicted molar refractivity (Wildman–Crippen MR) is 102 cm³/mol. The smallest absolute Gasteiger partial charge is 0.270 e. The predicted octanol–water partition coefficient (Wildman–Crippen LogP) is 2.95. The number of nitrogens with one attached hydrogen (secondary N) is 1. The molecule has 0 unspecified atom stereocenters. The first-order valence-electron chi connectivity index (χ1n) is 9.16. The zero-order valence-electron chi connectivity index (χ0n) is 15.3. The van der Waals surface area contributed by atoms with E-state index in [1.54, 1.807) is 18.6 Å². The van der Waals surface area contributed by atoms with Gasteiger partial charge in [-0.15, -0.1) is 10.2 Å². The van der Waals surface area contributed by atoms with E-state index < -0.39 is 0 Å². The summed E-state index contributed by atoms with van der Waals surface area (Å²) < 4.78 is 5.78. The maximum atomic E-state index is 12.9. The van der Waals surface area contributed by atoms with Crippen molar-refractivity contribution >= 4 is 16.8 Å². The normalized spacial score (nSPS) is 16.8. The number of hydrogen-bond acceptors (Lipinski definition) is 6. The number of carbonyl (C=O) groups excluding carboxylic acids is 1. The summed E-state index contributed by atoms with van der Waals surface area (Å²) in [6, 6.07) is 7.94. The molecule has 0 saturated carbocycles. The van der Waals surface area contributed by atoms with Gasteiger partial charge >= 0.3 is 0 Å². The van der Waals surface area contributed by atoms with Gasteiger partial charge < -0.3 is 14.3 Å². The standard InChI is InChI=1S/C20H18N6O2/c1-12-3-2-4-15-14(12)9-16(23-15)20(27)26-8-5-13(11-26)18-24-25-19(28-18)17-10-21-6-7-22-17/h2-4,6-7,9-10,13,23H,5,8,11H2,1H3/t13-/m0/s1. The number of carbonyl (C=O) groups is 1. The Labute approximate surface area is 160 Å². The molecule has 0 radical (unpaired) electrons. The van der Waals surface area contributed by atoms with Crippen LogP contribution < -0.4 is 0 Å². The first-order chi connectivity index (χ1) is 13.7. The van der Waals surface area contributed by atoms with Crippen LogP contribution in [0.2, 0.25) is 0 Å². The Morgan fingerprint density at radius 2 is 2.21 bits per heavy atom. The highest BCUT2D eigenvalue weighted by Gasteiger charge is 2.32. The molecule has 3 aromatic heterocycles. The molecular weight excluding hydrogens is 356 g/mol. The monoisotopic (exact) mass is 374 g/mol. The molecule has 0 spiro atoms. The molecule has 1 aliphatic rings. The molecule has 140 valence electrons. The van der Waals surface area contributed by atoms with Crippen LogP contribution in [0.25, 0.3) is 22.5 Å². The lowest BCUT2D eigenvalue weighted by Crippen LogP contribution is -2.28. The van der Waals surface area contributed by atoms with Gasteiger partial charge in [0, 0.05) is 36.4 Å². The van der Waals surface area contributed by atoms with Gasteiger partial charge in [-0.1, -0.05) is 12.1 Å². The maximum absolute atomic E-state index is 12.9. The number of H-pyrrole nitrogens is 1. The minimum absolute atomic E-state index is 0.00763. The molecule has 4 heterocycles. The fourth-order valence-electron chi connectivity index (χ4n) is 3.65. The van der Waals surface area contributed by atoms with Crippen LogP contribution in [-0.4, -0.2) is 49.0 Å². The van der Waals surface area contributed by atoms with Gasteiger partial charge in [0.15, 0.2) is 0 Å². The number of aryl methyl sites for hydroxylation is 1. The molecule has 0 bridgehead atoms. The number of amides is 1. The summed E-state index contributed by atoms with van der Waals surface area (Å²) in [5.41, 5.74) is 3.27. The Morgan fingerprint density at radius 1 is 1.29 bits per heavy atom. The highest BCUT2D eigenvalue weighted by Crippen LogP contribution is 2.29. The zero-order valence-corrected chi connectivity index (χ0v) is 15.3. The highest BCUT2D eigenvalue weighted by atomic mass is 16.4. The van der Waals surface area contributed by atoms with E-state index in [4.69, 9.17) is 4.42 Å². The number of hydrogen-bond donors (Lipinski definition) is 1. The number of aromatic amines is 1. The van der Waals surface area contributed by atoms with Crippen LogP contribution in [0.1, 0.15) is 34.3 Å². The molecule has 1 fully saturated rings. The lowest BCUT2D eigenvalue weighted by Gasteiger charge is -2.14. The van der Waals surface area contributed by atoms with Gasteiger partial charge in [0.25, 0.3) is 11.8 Å². The summed E-state index contributed by atoms with van der Waals surface area (Å²) in [7, 11) is 0. The van der Waals surface area contributed by atoms with Gasteiger partial charge in [-0.2, -0.15) is 0 Å². The van der Waals surface area contributed by atoms with Crippen LogP contribution in [-0.2, 0) is 0 Å². The number of benzene rings is 1. The molecule has 1 atom stereocenters. The SMILES string of the molecule is Cc1cccc2[nH]c(C(=O)N3CC[C@H](c4nnc(-c5cnccn5)o4)C3)cc12. The Hall–Kier alpha value is -3.55. The number of rotatable bonds is 3. The minimum Gasteiger partial charge on any atom is -0.419 e. The number of likely N-dealkylation sites (tertiary alicyclic amines) is 1. The molecule has 28 heavy (non-hydrogen) atoms. The van der Waals surface area contributed by atoms with E-state index in [9.17, 15) is 4.79 Å². The van der Waals surface area contributed by atoms with Gasteiger partial charge in [-0.05, 0) is 31.0 Å². The summed E-state index contributed by atoms with van der Waals surface area (Å²) in [6.45, 7) is 3.25. The minimum atomic E-state index is -0.00763. The van der Waals surface area contributed by atoms with Crippen LogP contribution >= 0.6 is 0 Å². The molecule has 4 aromatic rings. The zero-order chi connectivity index (χ0) is 19.1. The van der Waals surface area contributed by atoms with E-state index >= 15 is 0 Å². The van der Waals surface area contributed by atoms with Crippen LogP contribution in [0.3, 0.4) is 0 Å². The van der Waals surface area contributed by atoms with Crippen molar-refractivity contribution in [3.05, 3.63) is 60.0 Å². The fraction of sp³-hybridized carbons (Fsp3) is 0.250. The van der Waals surface area contributed by atoms with E-state index in [0.29, 0.717) is 36.3 Å². The third-order valence-electron chi connectivity index (χ3n) is 5.16. The summed E-state index contributed by atoms with van der Waals surface area (Å²) in [6.07, 6.45) is 5.54. The average Bonchev–Trinajstić information content (AvgIpc) is 3.46. The van der Waals surface area contributed by atoms with Gasteiger partial charge in [-0.25, -0.2) is 4.98 Å². The highest BCUT2D eigenvalue weighted by molar-refractivity contribution is 5.99. The van der Waals surface area contributed by atoms with Gasteiger partial charge in [0.05, 0.1) is 12.1 Å². The molecule has 8 heteroatoms. The molecular formula is C20H18N6O2. The van der Waals surface area contributed by atoms with Crippen LogP contribution in [0.15, 0.2) is 47.3 Å². The van der Waals surface area contributed by atoms with Gasteiger partial charge in [-0.3, -0.25) is 9.78 Å². The second-order valence-electron chi connectivity index (χ2n) is 6.99.